The number of halogens is 3. The van der Waals surface area contributed by atoms with Crippen molar-refractivity contribution in [3.8, 4) is 5.75 Å². The van der Waals surface area contributed by atoms with E-state index in [1.54, 1.807) is 18.2 Å². The van der Waals surface area contributed by atoms with Crippen LogP contribution in [0.15, 0.2) is 53.6 Å². The van der Waals surface area contributed by atoms with Gasteiger partial charge in [0.2, 0.25) is 0 Å². The second-order valence-electron chi connectivity index (χ2n) is 7.68. The number of likely N-dealkylation sites (tertiary alicyclic amines) is 1. The molecule has 0 unspecified atom stereocenters. The summed E-state index contributed by atoms with van der Waals surface area (Å²) >= 11 is 0. The minimum absolute atomic E-state index is 0.163. The number of fused-ring (bicyclic) bond motifs is 1. The summed E-state index contributed by atoms with van der Waals surface area (Å²) in [4.78, 5) is 5.39. The summed E-state index contributed by atoms with van der Waals surface area (Å²) in [5, 5.41) is 0.939. The molecule has 1 saturated heterocycles. The van der Waals surface area contributed by atoms with Crippen molar-refractivity contribution in [1.82, 2.24) is 9.88 Å². The molecule has 166 valence electrons. The van der Waals surface area contributed by atoms with E-state index in [9.17, 15) is 21.6 Å². The van der Waals surface area contributed by atoms with Crippen LogP contribution in [0.4, 0.5) is 18.9 Å². The first-order valence-corrected chi connectivity index (χ1v) is 11.3. The van der Waals surface area contributed by atoms with Crippen molar-refractivity contribution < 1.29 is 26.3 Å². The van der Waals surface area contributed by atoms with Crippen LogP contribution in [-0.2, 0) is 16.4 Å². The average Bonchev–Trinajstić information content (AvgIpc) is 3.27. The van der Waals surface area contributed by atoms with Crippen molar-refractivity contribution in [2.24, 2.45) is 0 Å². The number of nitrogens with zero attached hydrogens (tertiary/aromatic N) is 1. The molecule has 1 aromatic heterocycles. The fourth-order valence-corrected chi connectivity index (χ4v) is 4.99. The standard InChI is InChI=1S/C21H22F3N3O3S/c1-27-10-2-3-16(27)11-14-13-25-20-9-4-15(12-19(14)20)26-31(28,29)18-7-5-17(6-8-18)30-21(22,23)24/h4-9,12-13,16,25-26H,2-3,10-11H2,1H3/t16-/m0/s1. The topological polar surface area (TPSA) is 74.4 Å². The highest BCUT2D eigenvalue weighted by atomic mass is 32.2. The minimum atomic E-state index is -4.84. The molecule has 0 radical (unpaired) electrons. The summed E-state index contributed by atoms with van der Waals surface area (Å²) < 4.78 is 68.5. The van der Waals surface area contributed by atoms with Gasteiger partial charge < -0.3 is 14.6 Å². The van der Waals surface area contributed by atoms with Crippen LogP contribution in [0.25, 0.3) is 10.9 Å². The monoisotopic (exact) mass is 453 g/mol. The molecule has 0 saturated carbocycles. The number of hydrogen-bond donors (Lipinski definition) is 2. The molecule has 0 spiro atoms. The number of aromatic amines is 1. The Kier molecular flexibility index (Phi) is 5.61. The van der Waals surface area contributed by atoms with Crippen molar-refractivity contribution >= 4 is 26.6 Å². The Hall–Kier alpha value is -2.72. The van der Waals surface area contributed by atoms with Gasteiger partial charge in [-0.15, -0.1) is 13.2 Å². The maximum atomic E-state index is 12.7. The van der Waals surface area contributed by atoms with E-state index in [4.69, 9.17) is 0 Å². The van der Waals surface area contributed by atoms with Gasteiger partial charge in [0, 0.05) is 28.8 Å². The lowest BCUT2D eigenvalue weighted by Crippen LogP contribution is -2.26. The van der Waals surface area contributed by atoms with Gasteiger partial charge in [-0.25, -0.2) is 8.42 Å². The Morgan fingerprint density at radius 3 is 2.58 bits per heavy atom. The number of H-pyrrole nitrogens is 1. The summed E-state index contributed by atoms with van der Waals surface area (Å²) in [6.07, 6.45) is 0.280. The van der Waals surface area contributed by atoms with Gasteiger partial charge in [0.1, 0.15) is 5.75 Å². The highest BCUT2D eigenvalue weighted by Crippen LogP contribution is 2.29. The molecular formula is C21H22F3N3O3S. The quantitative estimate of drug-likeness (QED) is 0.576. The number of aromatic nitrogens is 1. The predicted octanol–water partition coefficient (Wildman–Crippen LogP) is 4.50. The van der Waals surface area contributed by atoms with E-state index in [0.717, 1.165) is 60.1 Å². The Balaban J connectivity index is 1.54. The zero-order valence-corrected chi connectivity index (χ0v) is 17.6. The van der Waals surface area contributed by atoms with E-state index in [1.807, 2.05) is 6.20 Å². The van der Waals surface area contributed by atoms with Gasteiger partial charge >= 0.3 is 6.36 Å². The second kappa shape index (κ2) is 8.08. The maximum absolute atomic E-state index is 12.7. The molecule has 1 fully saturated rings. The van der Waals surface area contributed by atoms with Crippen LogP contribution in [-0.4, -0.2) is 44.3 Å². The molecule has 1 aliphatic rings. The first kappa shape index (κ1) is 21.5. The molecular weight excluding hydrogens is 431 g/mol. The zero-order valence-electron chi connectivity index (χ0n) is 16.7. The average molecular weight is 453 g/mol. The molecule has 3 aromatic rings. The van der Waals surface area contributed by atoms with E-state index in [-0.39, 0.29) is 4.90 Å². The van der Waals surface area contributed by atoms with E-state index < -0.39 is 22.1 Å². The number of nitrogens with one attached hydrogen (secondary N) is 2. The highest BCUT2D eigenvalue weighted by Gasteiger charge is 2.31. The molecule has 2 aromatic carbocycles. The minimum Gasteiger partial charge on any atom is -0.406 e. The third-order valence-corrected chi connectivity index (χ3v) is 6.91. The van der Waals surface area contributed by atoms with Crippen molar-refractivity contribution in [3.63, 3.8) is 0 Å². The van der Waals surface area contributed by atoms with Gasteiger partial charge in [-0.2, -0.15) is 0 Å². The van der Waals surface area contributed by atoms with Gasteiger partial charge in [-0.1, -0.05) is 0 Å². The lowest BCUT2D eigenvalue weighted by atomic mass is 10.0. The Labute approximate surface area is 178 Å². The molecule has 2 heterocycles. The molecule has 0 aliphatic carbocycles. The van der Waals surface area contributed by atoms with Gasteiger partial charge in [0.05, 0.1) is 4.90 Å². The van der Waals surface area contributed by atoms with Crippen molar-refractivity contribution in [1.29, 1.82) is 0 Å². The van der Waals surface area contributed by atoms with Gasteiger partial charge in [-0.3, -0.25) is 4.72 Å². The van der Waals surface area contributed by atoms with Crippen LogP contribution < -0.4 is 9.46 Å². The van der Waals surface area contributed by atoms with E-state index in [1.165, 1.54) is 6.42 Å². The molecule has 10 heteroatoms. The summed E-state index contributed by atoms with van der Waals surface area (Å²) in [5.74, 6) is -0.485. The first-order chi connectivity index (χ1) is 14.6. The number of likely N-dealkylation sites (N-methyl/N-ethyl adjacent to an activating group) is 1. The van der Waals surface area contributed by atoms with Crippen molar-refractivity contribution in [3.05, 3.63) is 54.2 Å². The normalized spacial score (nSPS) is 17.9. The Morgan fingerprint density at radius 2 is 1.94 bits per heavy atom. The predicted molar refractivity (Wildman–Crippen MR) is 112 cm³/mol. The van der Waals surface area contributed by atoms with Crippen LogP contribution >= 0.6 is 0 Å². The fraction of sp³-hybridized carbons (Fsp3) is 0.333. The lowest BCUT2D eigenvalue weighted by Gasteiger charge is -2.18. The molecule has 31 heavy (non-hydrogen) atoms. The summed E-state index contributed by atoms with van der Waals surface area (Å²) in [5.41, 5.74) is 2.40. The number of anilines is 1. The Morgan fingerprint density at radius 1 is 1.19 bits per heavy atom. The maximum Gasteiger partial charge on any atom is 0.573 e. The smallest absolute Gasteiger partial charge is 0.406 e. The van der Waals surface area contributed by atoms with Crippen molar-refractivity contribution in [2.45, 2.75) is 36.6 Å². The SMILES string of the molecule is CN1CCC[C@H]1Cc1c[nH]c2ccc(NS(=O)(=O)c3ccc(OC(F)(F)F)cc3)cc12. The zero-order chi connectivity index (χ0) is 22.2. The third-order valence-electron chi connectivity index (χ3n) is 5.51. The lowest BCUT2D eigenvalue weighted by molar-refractivity contribution is -0.274. The molecule has 0 bridgehead atoms. The number of sulfonamides is 1. The molecule has 1 atom stereocenters. The number of hydrogen-bond acceptors (Lipinski definition) is 4. The number of alkyl halides is 3. The number of benzene rings is 2. The van der Waals surface area contributed by atoms with E-state index in [0.29, 0.717) is 11.7 Å². The highest BCUT2D eigenvalue weighted by molar-refractivity contribution is 7.92. The summed E-state index contributed by atoms with van der Waals surface area (Å²) in [7, 11) is -1.87. The van der Waals surface area contributed by atoms with Gasteiger partial charge in [0.25, 0.3) is 10.0 Å². The number of rotatable bonds is 6. The van der Waals surface area contributed by atoms with Gasteiger partial charge in [-0.05, 0) is 80.9 Å². The second-order valence-corrected chi connectivity index (χ2v) is 9.36. The molecule has 6 nitrogen and oxygen atoms in total. The molecule has 0 amide bonds. The largest absolute Gasteiger partial charge is 0.573 e. The van der Waals surface area contributed by atoms with Crippen LogP contribution in [0.5, 0.6) is 5.75 Å². The van der Waals surface area contributed by atoms with Crippen LogP contribution in [0.3, 0.4) is 0 Å². The number of ether oxygens (including phenoxy) is 1. The van der Waals surface area contributed by atoms with Crippen molar-refractivity contribution in [2.75, 3.05) is 18.3 Å². The Bertz CT molecular complexity index is 1170. The van der Waals surface area contributed by atoms with Crippen LogP contribution in [0.2, 0.25) is 0 Å². The van der Waals surface area contributed by atoms with E-state index >= 15 is 0 Å². The molecule has 1 aliphatic heterocycles. The van der Waals surface area contributed by atoms with Crippen LogP contribution in [0, 0.1) is 0 Å². The summed E-state index contributed by atoms with van der Waals surface area (Å²) in [6.45, 7) is 1.07. The van der Waals surface area contributed by atoms with Crippen LogP contribution in [0.1, 0.15) is 18.4 Å². The fourth-order valence-electron chi connectivity index (χ4n) is 3.94. The van der Waals surface area contributed by atoms with E-state index in [2.05, 4.69) is 26.4 Å². The molecule has 2 N–H and O–H groups in total. The first-order valence-electron chi connectivity index (χ1n) is 9.80. The third kappa shape index (κ3) is 4.96. The summed E-state index contributed by atoms with van der Waals surface area (Å²) in [6, 6.07) is 9.74. The van der Waals surface area contributed by atoms with Gasteiger partial charge in [0.15, 0.2) is 0 Å². The molecule has 4 rings (SSSR count).